The van der Waals surface area contributed by atoms with E-state index in [4.69, 9.17) is 0 Å². The highest BCUT2D eigenvalue weighted by molar-refractivity contribution is 6.15. The summed E-state index contributed by atoms with van der Waals surface area (Å²) in [6.45, 7) is 4.28. The first-order valence-electron chi connectivity index (χ1n) is 9.62. The molecule has 1 aromatic rings. The van der Waals surface area contributed by atoms with Gasteiger partial charge in [0.2, 0.25) is 5.91 Å². The van der Waals surface area contributed by atoms with Gasteiger partial charge in [-0.05, 0) is 42.1 Å². The van der Waals surface area contributed by atoms with Crippen LogP contribution in [0.25, 0.3) is 0 Å². The first kappa shape index (κ1) is 16.6. The third kappa shape index (κ3) is 2.39. The number of benzene rings is 1. The van der Waals surface area contributed by atoms with Gasteiger partial charge in [0, 0.05) is 0 Å². The maximum Gasteiger partial charge on any atom is 0.235 e. The van der Waals surface area contributed by atoms with Gasteiger partial charge in [-0.15, -0.1) is 0 Å². The Morgan fingerprint density at radius 2 is 1.84 bits per heavy atom. The molecule has 25 heavy (non-hydrogen) atoms. The first-order valence-corrected chi connectivity index (χ1v) is 9.62. The van der Waals surface area contributed by atoms with Crippen LogP contribution in [0.5, 0.6) is 0 Å². The number of allylic oxidation sites excluding steroid dienone is 2. The Morgan fingerprint density at radius 1 is 1.08 bits per heavy atom. The maximum absolute atomic E-state index is 13.6. The molecular weight excluding hydrogens is 310 g/mol. The van der Waals surface area contributed by atoms with E-state index in [-0.39, 0.29) is 23.5 Å². The lowest BCUT2D eigenvalue weighted by Gasteiger charge is -2.49. The Balaban J connectivity index is 1.71. The molecule has 1 aliphatic heterocycles. The van der Waals surface area contributed by atoms with E-state index in [2.05, 4.69) is 31.3 Å². The average molecular weight is 337 g/mol. The SMILES string of the molecule is CC1CCCC2C=CC(C)C3(C(=O)NC(Cc4ccccc4)C3=O)C12. The minimum atomic E-state index is -0.862. The second-order valence-electron chi connectivity index (χ2n) is 8.22. The number of hydrogen-bond donors (Lipinski definition) is 1. The molecule has 0 radical (unpaired) electrons. The number of fused-ring (bicyclic) bond motifs is 2. The van der Waals surface area contributed by atoms with Crippen LogP contribution in [0.1, 0.15) is 38.7 Å². The second kappa shape index (κ2) is 6.12. The lowest BCUT2D eigenvalue weighted by molar-refractivity contribution is -0.148. The summed E-state index contributed by atoms with van der Waals surface area (Å²) in [6.07, 6.45) is 8.41. The minimum Gasteiger partial charge on any atom is -0.345 e. The summed E-state index contributed by atoms with van der Waals surface area (Å²) in [5.41, 5.74) is 0.240. The van der Waals surface area contributed by atoms with Crippen LogP contribution in [-0.4, -0.2) is 17.7 Å². The van der Waals surface area contributed by atoms with Gasteiger partial charge in [0.05, 0.1) is 6.04 Å². The van der Waals surface area contributed by atoms with E-state index < -0.39 is 11.5 Å². The zero-order valence-electron chi connectivity index (χ0n) is 15.1. The van der Waals surface area contributed by atoms with Crippen molar-refractivity contribution in [3.05, 3.63) is 48.0 Å². The monoisotopic (exact) mass is 337 g/mol. The molecular formula is C22H27NO2. The molecule has 3 aliphatic rings. The molecule has 3 nitrogen and oxygen atoms in total. The molecule has 1 amide bonds. The number of nitrogens with one attached hydrogen (secondary N) is 1. The van der Waals surface area contributed by atoms with E-state index in [0.717, 1.165) is 18.4 Å². The number of carbonyl (C=O) groups is 2. The first-order chi connectivity index (χ1) is 12.0. The van der Waals surface area contributed by atoms with Crippen molar-refractivity contribution < 1.29 is 9.59 Å². The fourth-order valence-corrected chi connectivity index (χ4v) is 5.71. The van der Waals surface area contributed by atoms with Crippen LogP contribution >= 0.6 is 0 Å². The summed E-state index contributed by atoms with van der Waals surface area (Å²) < 4.78 is 0. The van der Waals surface area contributed by atoms with Crippen LogP contribution in [0.3, 0.4) is 0 Å². The normalized spacial score (nSPS) is 40.2. The molecule has 2 aliphatic carbocycles. The molecule has 3 heteroatoms. The summed E-state index contributed by atoms with van der Waals surface area (Å²) in [7, 11) is 0. The van der Waals surface area contributed by atoms with E-state index in [9.17, 15) is 9.59 Å². The Labute approximate surface area is 149 Å². The molecule has 6 atom stereocenters. The van der Waals surface area contributed by atoms with Crippen molar-refractivity contribution in [3.63, 3.8) is 0 Å². The standard InChI is InChI=1S/C22H27NO2/c1-14-7-6-10-17-12-11-15(2)22(19(14)17)20(24)18(23-21(22)25)13-16-8-4-3-5-9-16/h3-5,8-9,11-12,14-15,17-19H,6-7,10,13H2,1-2H3,(H,23,25). The zero-order chi connectivity index (χ0) is 17.6. The van der Waals surface area contributed by atoms with Crippen molar-refractivity contribution >= 4 is 11.7 Å². The quantitative estimate of drug-likeness (QED) is 0.663. The highest BCUT2D eigenvalue weighted by Gasteiger charge is 2.64. The zero-order valence-corrected chi connectivity index (χ0v) is 15.1. The van der Waals surface area contributed by atoms with Gasteiger partial charge >= 0.3 is 0 Å². The van der Waals surface area contributed by atoms with E-state index in [1.807, 2.05) is 30.3 Å². The molecule has 2 fully saturated rings. The van der Waals surface area contributed by atoms with E-state index in [1.54, 1.807) is 0 Å². The van der Waals surface area contributed by atoms with Crippen molar-refractivity contribution in [1.29, 1.82) is 0 Å². The van der Waals surface area contributed by atoms with Crippen LogP contribution in [0.2, 0.25) is 0 Å². The number of Topliss-reactive ketones (excluding diaryl/α,β-unsaturated/α-hetero) is 1. The lowest BCUT2D eigenvalue weighted by atomic mass is 9.51. The highest BCUT2D eigenvalue weighted by Crippen LogP contribution is 2.55. The largest absolute Gasteiger partial charge is 0.345 e. The van der Waals surface area contributed by atoms with Gasteiger partial charge in [-0.2, -0.15) is 0 Å². The van der Waals surface area contributed by atoms with Crippen molar-refractivity contribution in [2.45, 2.75) is 45.6 Å². The minimum absolute atomic E-state index is 0.0254. The van der Waals surface area contributed by atoms with Crippen molar-refractivity contribution in [2.75, 3.05) is 0 Å². The predicted octanol–water partition coefficient (Wildman–Crippen LogP) is 3.54. The van der Waals surface area contributed by atoms with Crippen LogP contribution in [0.15, 0.2) is 42.5 Å². The van der Waals surface area contributed by atoms with Crippen LogP contribution in [0, 0.1) is 29.1 Å². The molecule has 1 heterocycles. The number of amides is 1. The molecule has 1 aromatic carbocycles. The van der Waals surface area contributed by atoms with Crippen LogP contribution < -0.4 is 5.32 Å². The fourth-order valence-electron chi connectivity index (χ4n) is 5.71. The molecule has 1 spiro atoms. The average Bonchev–Trinajstić information content (AvgIpc) is 2.84. The number of ketones is 1. The molecule has 0 bridgehead atoms. The summed E-state index contributed by atoms with van der Waals surface area (Å²) in [6, 6.07) is 9.61. The molecule has 4 rings (SSSR count). The van der Waals surface area contributed by atoms with Gasteiger partial charge in [-0.25, -0.2) is 0 Å². The van der Waals surface area contributed by atoms with Gasteiger partial charge in [0.1, 0.15) is 5.41 Å². The summed E-state index contributed by atoms with van der Waals surface area (Å²) in [4.78, 5) is 26.8. The molecule has 132 valence electrons. The van der Waals surface area contributed by atoms with Gasteiger partial charge in [-0.3, -0.25) is 9.59 Å². The lowest BCUT2D eigenvalue weighted by Crippen LogP contribution is -2.54. The van der Waals surface area contributed by atoms with E-state index in [0.29, 0.717) is 18.3 Å². The summed E-state index contributed by atoms with van der Waals surface area (Å²) in [5, 5.41) is 3.07. The molecule has 0 aromatic heterocycles. The van der Waals surface area contributed by atoms with Gasteiger partial charge in [0.25, 0.3) is 0 Å². The smallest absolute Gasteiger partial charge is 0.235 e. The van der Waals surface area contributed by atoms with Crippen LogP contribution in [-0.2, 0) is 16.0 Å². The second-order valence-corrected chi connectivity index (χ2v) is 8.22. The molecule has 1 N–H and O–H groups in total. The molecule has 6 unspecified atom stereocenters. The molecule has 1 saturated carbocycles. The van der Waals surface area contributed by atoms with Crippen molar-refractivity contribution in [1.82, 2.24) is 5.32 Å². The number of hydrogen-bond acceptors (Lipinski definition) is 2. The van der Waals surface area contributed by atoms with Crippen molar-refractivity contribution in [3.8, 4) is 0 Å². The van der Waals surface area contributed by atoms with Gasteiger partial charge < -0.3 is 5.32 Å². The summed E-state index contributed by atoms with van der Waals surface area (Å²) in [5.74, 6) is 1.000. The maximum atomic E-state index is 13.6. The third-order valence-electron chi connectivity index (χ3n) is 6.85. The van der Waals surface area contributed by atoms with Gasteiger partial charge in [-0.1, -0.05) is 69.2 Å². The van der Waals surface area contributed by atoms with Crippen LogP contribution in [0.4, 0.5) is 0 Å². The fraction of sp³-hybridized carbons (Fsp3) is 0.545. The Kier molecular flexibility index (Phi) is 4.05. The number of rotatable bonds is 2. The highest BCUT2D eigenvalue weighted by atomic mass is 16.2. The van der Waals surface area contributed by atoms with E-state index in [1.165, 1.54) is 6.42 Å². The Morgan fingerprint density at radius 3 is 2.60 bits per heavy atom. The molecule has 1 saturated heterocycles. The van der Waals surface area contributed by atoms with Crippen molar-refractivity contribution in [2.24, 2.45) is 29.1 Å². The predicted molar refractivity (Wildman–Crippen MR) is 97.8 cm³/mol. The van der Waals surface area contributed by atoms with Gasteiger partial charge in [0.15, 0.2) is 5.78 Å². The topological polar surface area (TPSA) is 46.2 Å². The Hall–Kier alpha value is -1.90. The van der Waals surface area contributed by atoms with E-state index >= 15 is 0 Å². The number of carbonyl (C=O) groups excluding carboxylic acids is 2. The summed E-state index contributed by atoms with van der Waals surface area (Å²) >= 11 is 0. The Bertz CT molecular complexity index is 710. The third-order valence-corrected chi connectivity index (χ3v) is 6.85.